The Morgan fingerprint density at radius 1 is 1.12 bits per heavy atom. The molecule has 0 saturated heterocycles. The van der Waals surface area contributed by atoms with Crippen molar-refractivity contribution in [2.24, 2.45) is 0 Å². The molecule has 0 spiro atoms. The van der Waals surface area contributed by atoms with E-state index in [0.29, 0.717) is 32.9 Å². The first kappa shape index (κ1) is 16.1. The Hall–Kier alpha value is -2.79. The molecule has 1 aromatic heterocycles. The van der Waals surface area contributed by atoms with Gasteiger partial charge in [-0.1, -0.05) is 23.7 Å². The Kier molecular flexibility index (Phi) is 4.53. The second-order valence-corrected chi connectivity index (χ2v) is 5.54. The van der Waals surface area contributed by atoms with Gasteiger partial charge in [0.1, 0.15) is 11.3 Å². The highest BCUT2D eigenvalue weighted by Gasteiger charge is 2.16. The third-order valence-electron chi connectivity index (χ3n) is 3.58. The SMILES string of the molecule is O=C(O)OCCc1c(-c2ccc(Cl)cc2)oc2ccccc2c1=O. The van der Waals surface area contributed by atoms with Crippen LogP contribution in [0.5, 0.6) is 0 Å². The van der Waals surface area contributed by atoms with Gasteiger partial charge in [-0.3, -0.25) is 4.79 Å². The number of carbonyl (C=O) groups is 1. The molecule has 0 aliphatic rings. The summed E-state index contributed by atoms with van der Waals surface area (Å²) in [6.07, 6.45) is -1.26. The van der Waals surface area contributed by atoms with Gasteiger partial charge in [0, 0.05) is 22.6 Å². The predicted octanol–water partition coefficient (Wildman–Crippen LogP) is 4.35. The van der Waals surface area contributed by atoms with Crippen LogP contribution in [0.1, 0.15) is 5.56 Å². The highest BCUT2D eigenvalue weighted by Crippen LogP contribution is 2.27. The van der Waals surface area contributed by atoms with Gasteiger partial charge in [0.05, 0.1) is 12.0 Å². The maximum atomic E-state index is 12.8. The van der Waals surface area contributed by atoms with Crippen LogP contribution in [0.4, 0.5) is 4.79 Å². The lowest BCUT2D eigenvalue weighted by molar-refractivity contribution is 0.0926. The molecule has 122 valence electrons. The molecule has 0 radical (unpaired) electrons. The molecule has 3 aromatic rings. The predicted molar refractivity (Wildman–Crippen MR) is 90.6 cm³/mol. The molecule has 0 fully saturated rings. The van der Waals surface area contributed by atoms with Crippen molar-refractivity contribution in [1.82, 2.24) is 0 Å². The van der Waals surface area contributed by atoms with Crippen LogP contribution in [0.25, 0.3) is 22.3 Å². The minimum absolute atomic E-state index is 0.122. The molecule has 0 bridgehead atoms. The summed E-state index contributed by atoms with van der Waals surface area (Å²) in [5, 5.41) is 9.62. The van der Waals surface area contributed by atoms with E-state index in [1.54, 1.807) is 48.5 Å². The number of hydrogen-bond acceptors (Lipinski definition) is 4. The molecule has 3 rings (SSSR count). The molecular formula is C18H13ClO5. The van der Waals surface area contributed by atoms with E-state index in [2.05, 4.69) is 4.74 Å². The number of ether oxygens (including phenoxy) is 1. The van der Waals surface area contributed by atoms with E-state index in [0.717, 1.165) is 0 Å². The number of halogens is 1. The molecule has 2 aromatic carbocycles. The van der Waals surface area contributed by atoms with Crippen LogP contribution in [-0.4, -0.2) is 17.9 Å². The van der Waals surface area contributed by atoms with Gasteiger partial charge in [-0.25, -0.2) is 4.79 Å². The summed E-state index contributed by atoms with van der Waals surface area (Å²) in [7, 11) is 0. The fraction of sp³-hybridized carbons (Fsp3) is 0.111. The topological polar surface area (TPSA) is 76.7 Å². The van der Waals surface area contributed by atoms with Crippen LogP contribution >= 0.6 is 11.6 Å². The van der Waals surface area contributed by atoms with Crippen molar-refractivity contribution < 1.29 is 19.1 Å². The number of fused-ring (bicyclic) bond motifs is 1. The molecule has 24 heavy (non-hydrogen) atoms. The summed E-state index contributed by atoms with van der Waals surface area (Å²) < 4.78 is 10.4. The van der Waals surface area contributed by atoms with E-state index in [-0.39, 0.29) is 18.5 Å². The molecule has 0 unspecified atom stereocenters. The number of rotatable bonds is 4. The van der Waals surface area contributed by atoms with Gasteiger partial charge >= 0.3 is 6.16 Å². The fourth-order valence-electron chi connectivity index (χ4n) is 2.48. The molecule has 1 heterocycles. The first-order chi connectivity index (χ1) is 11.6. The summed E-state index contributed by atoms with van der Waals surface area (Å²) in [6, 6.07) is 13.8. The Bertz CT molecular complexity index is 944. The maximum Gasteiger partial charge on any atom is 0.505 e. The molecule has 0 amide bonds. The highest BCUT2D eigenvalue weighted by molar-refractivity contribution is 6.30. The molecule has 0 saturated carbocycles. The summed E-state index contributed by atoms with van der Waals surface area (Å²) in [5.41, 5.74) is 1.33. The number of carboxylic acid groups (broad SMARTS) is 1. The average molecular weight is 345 g/mol. The molecule has 1 N–H and O–H groups in total. The van der Waals surface area contributed by atoms with E-state index in [1.807, 2.05) is 0 Å². The first-order valence-corrected chi connectivity index (χ1v) is 7.60. The maximum absolute atomic E-state index is 12.8. The van der Waals surface area contributed by atoms with Crippen LogP contribution in [0.2, 0.25) is 5.02 Å². The second kappa shape index (κ2) is 6.76. The number of hydrogen-bond donors (Lipinski definition) is 1. The zero-order valence-corrected chi connectivity index (χ0v) is 13.2. The van der Waals surface area contributed by atoms with Crippen molar-refractivity contribution in [3.8, 4) is 11.3 Å². The second-order valence-electron chi connectivity index (χ2n) is 5.11. The zero-order valence-electron chi connectivity index (χ0n) is 12.5. The van der Waals surface area contributed by atoms with Gasteiger partial charge in [-0.2, -0.15) is 0 Å². The summed E-state index contributed by atoms with van der Waals surface area (Å²) in [6.45, 7) is -0.126. The monoisotopic (exact) mass is 344 g/mol. The van der Waals surface area contributed by atoms with E-state index in [4.69, 9.17) is 21.1 Å². The van der Waals surface area contributed by atoms with Crippen LogP contribution in [0.15, 0.2) is 57.7 Å². The van der Waals surface area contributed by atoms with Crippen LogP contribution < -0.4 is 5.43 Å². The highest BCUT2D eigenvalue weighted by atomic mass is 35.5. The van der Waals surface area contributed by atoms with Gasteiger partial charge in [0.25, 0.3) is 0 Å². The van der Waals surface area contributed by atoms with E-state index in [9.17, 15) is 9.59 Å². The van der Waals surface area contributed by atoms with E-state index in [1.165, 1.54) is 0 Å². The average Bonchev–Trinajstić information content (AvgIpc) is 2.57. The van der Waals surface area contributed by atoms with Gasteiger partial charge < -0.3 is 14.3 Å². The van der Waals surface area contributed by atoms with Crippen molar-refractivity contribution in [1.29, 1.82) is 0 Å². The summed E-state index contributed by atoms with van der Waals surface area (Å²) in [5.74, 6) is 0.393. The molecule has 0 aliphatic heterocycles. The van der Waals surface area contributed by atoms with Crippen molar-refractivity contribution in [2.45, 2.75) is 6.42 Å². The Morgan fingerprint density at radius 2 is 1.83 bits per heavy atom. The molecule has 6 heteroatoms. The van der Waals surface area contributed by atoms with Crippen LogP contribution in [0, 0.1) is 0 Å². The minimum Gasteiger partial charge on any atom is -0.456 e. The lowest BCUT2D eigenvalue weighted by Gasteiger charge is -2.10. The quantitative estimate of drug-likeness (QED) is 0.712. The van der Waals surface area contributed by atoms with Crippen molar-refractivity contribution in [3.05, 3.63) is 69.3 Å². The Morgan fingerprint density at radius 3 is 2.54 bits per heavy atom. The van der Waals surface area contributed by atoms with Crippen molar-refractivity contribution in [2.75, 3.05) is 6.61 Å². The largest absolute Gasteiger partial charge is 0.505 e. The Labute approximate surface area is 142 Å². The standard InChI is InChI=1S/C18H13ClO5/c19-12-7-5-11(6-8-12)17-14(9-10-23-18(21)22)16(20)13-3-1-2-4-15(13)24-17/h1-8H,9-10H2,(H,21,22). The minimum atomic E-state index is -1.38. The molecular weight excluding hydrogens is 332 g/mol. The summed E-state index contributed by atoms with van der Waals surface area (Å²) >= 11 is 5.91. The van der Waals surface area contributed by atoms with Gasteiger partial charge in [0.2, 0.25) is 0 Å². The number of para-hydroxylation sites is 1. The van der Waals surface area contributed by atoms with Gasteiger partial charge in [0.15, 0.2) is 5.43 Å². The van der Waals surface area contributed by atoms with Gasteiger partial charge in [-0.05, 0) is 36.4 Å². The van der Waals surface area contributed by atoms with Crippen LogP contribution in [-0.2, 0) is 11.2 Å². The Balaban J connectivity index is 2.15. The lowest BCUT2D eigenvalue weighted by Crippen LogP contribution is -2.15. The van der Waals surface area contributed by atoms with Crippen molar-refractivity contribution >= 4 is 28.7 Å². The van der Waals surface area contributed by atoms with E-state index >= 15 is 0 Å². The molecule has 5 nitrogen and oxygen atoms in total. The molecule has 0 atom stereocenters. The van der Waals surface area contributed by atoms with Crippen LogP contribution in [0.3, 0.4) is 0 Å². The normalized spacial score (nSPS) is 10.7. The third-order valence-corrected chi connectivity index (χ3v) is 3.83. The van der Waals surface area contributed by atoms with Crippen molar-refractivity contribution in [3.63, 3.8) is 0 Å². The summed E-state index contributed by atoms with van der Waals surface area (Å²) in [4.78, 5) is 23.3. The zero-order chi connectivity index (χ0) is 17.1. The number of benzene rings is 2. The smallest absolute Gasteiger partial charge is 0.456 e. The first-order valence-electron chi connectivity index (χ1n) is 7.22. The van der Waals surface area contributed by atoms with E-state index < -0.39 is 6.16 Å². The third kappa shape index (κ3) is 3.26. The molecule has 0 aliphatic carbocycles. The van der Waals surface area contributed by atoms with Gasteiger partial charge in [-0.15, -0.1) is 0 Å². The lowest BCUT2D eigenvalue weighted by atomic mass is 10.0. The fourth-order valence-corrected chi connectivity index (χ4v) is 2.61.